The zero-order chi connectivity index (χ0) is 13.2. The highest BCUT2D eigenvalue weighted by Gasteiger charge is 2.16. The number of ether oxygens (including phenoxy) is 1. The van der Waals surface area contributed by atoms with E-state index in [1.54, 1.807) is 0 Å². The lowest BCUT2D eigenvalue weighted by atomic mass is 10.3. The van der Waals surface area contributed by atoms with Crippen LogP contribution < -0.4 is 0 Å². The molecule has 0 atom stereocenters. The van der Waals surface area contributed by atoms with Gasteiger partial charge in [-0.25, -0.2) is 4.98 Å². The van der Waals surface area contributed by atoms with Crippen LogP contribution in [0.5, 0.6) is 0 Å². The normalized spacial score (nSPS) is 11.3. The summed E-state index contributed by atoms with van der Waals surface area (Å²) in [7, 11) is 0. The van der Waals surface area contributed by atoms with E-state index in [1.165, 1.54) is 0 Å². The molecule has 3 rings (SSSR count). The molecule has 3 aromatic rings. The number of imidazole rings is 1. The molecule has 0 amide bonds. The fourth-order valence-corrected chi connectivity index (χ4v) is 1.95. The van der Waals surface area contributed by atoms with Gasteiger partial charge in [0.15, 0.2) is 5.69 Å². The van der Waals surface area contributed by atoms with Gasteiger partial charge in [-0.2, -0.15) is 0 Å². The van der Waals surface area contributed by atoms with Crippen LogP contribution in [-0.4, -0.2) is 26.2 Å². The molecular weight excluding hydrogens is 244 g/mol. The number of aromatic nitrogens is 4. The molecule has 0 aromatic carbocycles. The van der Waals surface area contributed by atoms with Crippen molar-refractivity contribution in [2.45, 2.75) is 20.5 Å². The summed E-state index contributed by atoms with van der Waals surface area (Å²) in [4.78, 5) is 4.48. The van der Waals surface area contributed by atoms with E-state index in [0.717, 1.165) is 11.3 Å². The molecule has 0 unspecified atom stereocenters. The Morgan fingerprint density at radius 3 is 3.05 bits per heavy atom. The van der Waals surface area contributed by atoms with Crippen LogP contribution in [0.15, 0.2) is 28.8 Å². The highest BCUT2D eigenvalue weighted by Crippen LogP contribution is 2.23. The van der Waals surface area contributed by atoms with Crippen LogP contribution in [-0.2, 0) is 11.3 Å². The Labute approximate surface area is 110 Å². The summed E-state index contributed by atoms with van der Waals surface area (Å²) >= 11 is 0. The van der Waals surface area contributed by atoms with Crippen LogP contribution in [0, 0.1) is 6.92 Å². The van der Waals surface area contributed by atoms with Crippen molar-refractivity contribution in [1.29, 1.82) is 0 Å². The minimum atomic E-state index is 0.328. The maximum atomic E-state index is 5.57. The van der Waals surface area contributed by atoms with Crippen molar-refractivity contribution in [2.75, 3.05) is 6.61 Å². The van der Waals surface area contributed by atoms with Crippen LogP contribution >= 0.6 is 0 Å². The van der Waals surface area contributed by atoms with E-state index in [9.17, 15) is 0 Å². The van der Waals surface area contributed by atoms with Gasteiger partial charge in [0.2, 0.25) is 5.89 Å². The highest BCUT2D eigenvalue weighted by molar-refractivity contribution is 5.72. The lowest BCUT2D eigenvalue weighted by Gasteiger charge is -1.94. The lowest BCUT2D eigenvalue weighted by Crippen LogP contribution is -1.91. The Morgan fingerprint density at radius 2 is 2.21 bits per heavy atom. The summed E-state index contributed by atoms with van der Waals surface area (Å²) in [6.45, 7) is 4.80. The largest absolute Gasteiger partial charge is 0.417 e. The standard InChI is InChI=1S/C13H14N4O2/c1-3-18-8-11-15-16-13(19-11)12-10-6-4-5-7-17(10)9(2)14-12/h4-7H,3,8H2,1-2H3. The molecule has 0 aliphatic heterocycles. The summed E-state index contributed by atoms with van der Waals surface area (Å²) in [5.41, 5.74) is 1.65. The minimum Gasteiger partial charge on any atom is -0.417 e. The van der Waals surface area contributed by atoms with Crippen molar-refractivity contribution in [3.63, 3.8) is 0 Å². The number of hydrogen-bond acceptors (Lipinski definition) is 5. The average molecular weight is 258 g/mol. The van der Waals surface area contributed by atoms with Gasteiger partial charge in [-0.05, 0) is 26.0 Å². The highest BCUT2D eigenvalue weighted by atomic mass is 16.5. The van der Waals surface area contributed by atoms with Gasteiger partial charge in [0.1, 0.15) is 12.4 Å². The Morgan fingerprint density at radius 1 is 1.32 bits per heavy atom. The SMILES string of the molecule is CCOCc1nnc(-c2nc(C)n3ccccc23)o1. The molecule has 0 N–H and O–H groups in total. The smallest absolute Gasteiger partial charge is 0.268 e. The summed E-state index contributed by atoms with van der Waals surface area (Å²) in [5.74, 6) is 1.77. The molecule has 6 nitrogen and oxygen atoms in total. The first-order valence-electron chi connectivity index (χ1n) is 6.13. The number of fused-ring (bicyclic) bond motifs is 1. The Bertz CT molecular complexity index is 702. The molecule has 0 bridgehead atoms. The second-order valence-electron chi connectivity index (χ2n) is 4.10. The van der Waals surface area contributed by atoms with Crippen molar-refractivity contribution >= 4 is 5.52 Å². The maximum Gasteiger partial charge on any atom is 0.268 e. The fourth-order valence-electron chi connectivity index (χ4n) is 1.95. The maximum absolute atomic E-state index is 5.57. The topological polar surface area (TPSA) is 65.5 Å². The summed E-state index contributed by atoms with van der Waals surface area (Å²) in [6, 6.07) is 5.89. The second kappa shape index (κ2) is 4.81. The first kappa shape index (κ1) is 11.9. The Hall–Kier alpha value is -2.21. The van der Waals surface area contributed by atoms with Crippen molar-refractivity contribution in [3.05, 3.63) is 36.1 Å². The average Bonchev–Trinajstić information content (AvgIpc) is 3.02. The zero-order valence-electron chi connectivity index (χ0n) is 10.8. The van der Waals surface area contributed by atoms with Gasteiger partial charge in [-0.1, -0.05) is 6.07 Å². The fraction of sp³-hybridized carbons (Fsp3) is 0.308. The van der Waals surface area contributed by atoms with Gasteiger partial charge in [0.05, 0.1) is 5.52 Å². The molecule has 3 heterocycles. The van der Waals surface area contributed by atoms with Crippen molar-refractivity contribution in [2.24, 2.45) is 0 Å². The Balaban J connectivity index is 2.02. The van der Waals surface area contributed by atoms with E-state index in [2.05, 4.69) is 15.2 Å². The molecule has 19 heavy (non-hydrogen) atoms. The monoisotopic (exact) mass is 258 g/mol. The molecule has 0 aliphatic rings. The van der Waals surface area contributed by atoms with Crippen LogP contribution in [0.2, 0.25) is 0 Å². The van der Waals surface area contributed by atoms with E-state index < -0.39 is 0 Å². The van der Waals surface area contributed by atoms with Gasteiger partial charge in [-0.15, -0.1) is 10.2 Å². The van der Waals surface area contributed by atoms with E-state index in [-0.39, 0.29) is 0 Å². The van der Waals surface area contributed by atoms with Crippen LogP contribution in [0.25, 0.3) is 17.1 Å². The van der Waals surface area contributed by atoms with E-state index >= 15 is 0 Å². The quantitative estimate of drug-likeness (QED) is 0.718. The molecule has 0 fully saturated rings. The third-order valence-corrected chi connectivity index (χ3v) is 2.82. The minimum absolute atomic E-state index is 0.328. The predicted molar refractivity (Wildman–Crippen MR) is 68.6 cm³/mol. The van der Waals surface area contributed by atoms with E-state index in [0.29, 0.717) is 30.7 Å². The first-order valence-corrected chi connectivity index (χ1v) is 6.13. The second-order valence-corrected chi connectivity index (χ2v) is 4.10. The van der Waals surface area contributed by atoms with E-state index in [1.807, 2.05) is 42.6 Å². The molecule has 98 valence electrons. The van der Waals surface area contributed by atoms with Crippen molar-refractivity contribution < 1.29 is 9.15 Å². The molecule has 0 radical (unpaired) electrons. The summed E-state index contributed by atoms with van der Waals surface area (Å²) < 4.78 is 12.8. The number of nitrogens with zero attached hydrogens (tertiary/aromatic N) is 4. The predicted octanol–water partition coefficient (Wildman–Crippen LogP) is 2.23. The van der Waals surface area contributed by atoms with Crippen molar-refractivity contribution in [1.82, 2.24) is 19.6 Å². The van der Waals surface area contributed by atoms with Gasteiger partial charge >= 0.3 is 0 Å². The molecular formula is C13H14N4O2. The lowest BCUT2D eigenvalue weighted by molar-refractivity contribution is 0.115. The number of hydrogen-bond donors (Lipinski definition) is 0. The number of pyridine rings is 1. The molecule has 0 spiro atoms. The molecule has 0 saturated heterocycles. The molecule has 0 aliphatic carbocycles. The number of rotatable bonds is 4. The molecule has 6 heteroatoms. The van der Waals surface area contributed by atoms with Crippen LogP contribution in [0.3, 0.4) is 0 Å². The van der Waals surface area contributed by atoms with Crippen molar-refractivity contribution in [3.8, 4) is 11.6 Å². The van der Waals surface area contributed by atoms with Gasteiger partial charge < -0.3 is 13.6 Å². The van der Waals surface area contributed by atoms with Gasteiger partial charge in [0, 0.05) is 12.8 Å². The summed E-state index contributed by atoms with van der Waals surface area (Å²) in [6.07, 6.45) is 1.96. The Kier molecular flexibility index (Phi) is 3.00. The summed E-state index contributed by atoms with van der Waals surface area (Å²) in [5, 5.41) is 7.99. The van der Waals surface area contributed by atoms with E-state index in [4.69, 9.17) is 9.15 Å². The molecule has 0 saturated carbocycles. The first-order chi connectivity index (χ1) is 9.29. The van der Waals surface area contributed by atoms with Crippen LogP contribution in [0.4, 0.5) is 0 Å². The molecule has 3 aromatic heterocycles. The van der Waals surface area contributed by atoms with Gasteiger partial charge in [-0.3, -0.25) is 0 Å². The third kappa shape index (κ3) is 2.10. The third-order valence-electron chi connectivity index (χ3n) is 2.82. The van der Waals surface area contributed by atoms with Gasteiger partial charge in [0.25, 0.3) is 5.89 Å². The number of aryl methyl sites for hydroxylation is 1. The zero-order valence-corrected chi connectivity index (χ0v) is 10.8. The van der Waals surface area contributed by atoms with Crippen LogP contribution in [0.1, 0.15) is 18.6 Å².